The molecule has 0 spiro atoms. The number of rotatable bonds is 5. The summed E-state index contributed by atoms with van der Waals surface area (Å²) in [7, 11) is 0. The molecule has 2 atom stereocenters. The number of carbonyl (C=O) groups is 1. The average Bonchev–Trinajstić information content (AvgIpc) is 2.99. The molecular weight excluding hydrogens is 232 g/mol. The van der Waals surface area contributed by atoms with E-state index in [2.05, 4.69) is 15.4 Å². The van der Waals surface area contributed by atoms with Crippen molar-refractivity contribution in [2.24, 2.45) is 0 Å². The summed E-state index contributed by atoms with van der Waals surface area (Å²) < 4.78 is 6.76. The minimum absolute atomic E-state index is 0.00891. The molecule has 2 heterocycles. The van der Waals surface area contributed by atoms with Gasteiger partial charge < -0.3 is 9.73 Å². The molecule has 1 amide bonds. The molecule has 0 aliphatic rings. The van der Waals surface area contributed by atoms with Crippen molar-refractivity contribution in [2.45, 2.75) is 32.4 Å². The lowest BCUT2D eigenvalue weighted by Crippen LogP contribution is -2.38. The van der Waals surface area contributed by atoms with E-state index in [1.807, 2.05) is 19.1 Å². The van der Waals surface area contributed by atoms with Crippen LogP contribution in [0.25, 0.3) is 0 Å². The zero-order chi connectivity index (χ0) is 13.0. The van der Waals surface area contributed by atoms with Gasteiger partial charge in [-0.15, -0.1) is 0 Å². The van der Waals surface area contributed by atoms with Crippen molar-refractivity contribution in [3.8, 4) is 0 Å². The standard InChI is InChI=1S/C12H16N4O2/c1-9(6-11-4-3-5-18-11)15-12(17)10(2)16-8-13-7-14-16/h3-5,7-10H,6H2,1-2H3,(H,15,17). The Balaban J connectivity index is 1.87. The molecule has 0 aliphatic carbocycles. The van der Waals surface area contributed by atoms with Gasteiger partial charge in [-0.05, 0) is 26.0 Å². The molecule has 2 aromatic rings. The van der Waals surface area contributed by atoms with Gasteiger partial charge in [0.2, 0.25) is 5.91 Å². The fourth-order valence-corrected chi connectivity index (χ4v) is 1.68. The number of amides is 1. The summed E-state index contributed by atoms with van der Waals surface area (Å²) in [5.41, 5.74) is 0. The van der Waals surface area contributed by atoms with Crippen LogP contribution in [0.2, 0.25) is 0 Å². The molecule has 0 radical (unpaired) electrons. The number of carbonyl (C=O) groups excluding carboxylic acids is 1. The molecule has 0 aliphatic heterocycles. The molecular formula is C12H16N4O2. The van der Waals surface area contributed by atoms with Gasteiger partial charge in [0.05, 0.1) is 6.26 Å². The topological polar surface area (TPSA) is 73.0 Å². The molecule has 0 saturated heterocycles. The fraction of sp³-hybridized carbons (Fsp3) is 0.417. The molecule has 18 heavy (non-hydrogen) atoms. The van der Waals surface area contributed by atoms with Crippen molar-refractivity contribution >= 4 is 5.91 Å². The van der Waals surface area contributed by atoms with Crippen molar-refractivity contribution in [1.82, 2.24) is 20.1 Å². The monoisotopic (exact) mass is 248 g/mol. The molecule has 0 saturated carbocycles. The maximum absolute atomic E-state index is 11.9. The highest BCUT2D eigenvalue weighted by Gasteiger charge is 2.17. The van der Waals surface area contributed by atoms with E-state index in [-0.39, 0.29) is 18.0 Å². The first-order chi connectivity index (χ1) is 8.66. The highest BCUT2D eigenvalue weighted by Crippen LogP contribution is 2.06. The maximum Gasteiger partial charge on any atom is 0.244 e. The number of nitrogens with zero attached hydrogens (tertiary/aromatic N) is 3. The average molecular weight is 248 g/mol. The van der Waals surface area contributed by atoms with E-state index >= 15 is 0 Å². The maximum atomic E-state index is 11.9. The van der Waals surface area contributed by atoms with E-state index < -0.39 is 0 Å². The van der Waals surface area contributed by atoms with Crippen LogP contribution >= 0.6 is 0 Å². The Hall–Kier alpha value is -2.11. The van der Waals surface area contributed by atoms with Crippen LogP contribution in [0.3, 0.4) is 0 Å². The van der Waals surface area contributed by atoms with Gasteiger partial charge in [-0.2, -0.15) is 5.10 Å². The first-order valence-electron chi connectivity index (χ1n) is 5.83. The highest BCUT2D eigenvalue weighted by atomic mass is 16.3. The predicted molar refractivity (Wildman–Crippen MR) is 64.7 cm³/mol. The number of aromatic nitrogens is 3. The third-order valence-electron chi connectivity index (χ3n) is 2.69. The van der Waals surface area contributed by atoms with Crippen LogP contribution in [-0.2, 0) is 11.2 Å². The van der Waals surface area contributed by atoms with Crippen LogP contribution in [0.5, 0.6) is 0 Å². The lowest BCUT2D eigenvalue weighted by molar-refractivity contribution is -0.124. The van der Waals surface area contributed by atoms with E-state index in [1.165, 1.54) is 17.3 Å². The van der Waals surface area contributed by atoms with E-state index in [0.29, 0.717) is 6.42 Å². The van der Waals surface area contributed by atoms with Gasteiger partial charge in [-0.3, -0.25) is 4.79 Å². The summed E-state index contributed by atoms with van der Waals surface area (Å²) in [6, 6.07) is 3.37. The smallest absolute Gasteiger partial charge is 0.244 e. The number of furan rings is 1. The highest BCUT2D eigenvalue weighted by molar-refractivity contribution is 5.79. The first kappa shape index (κ1) is 12.3. The number of nitrogens with one attached hydrogen (secondary N) is 1. The van der Waals surface area contributed by atoms with Crippen LogP contribution in [0, 0.1) is 0 Å². The largest absolute Gasteiger partial charge is 0.469 e. The van der Waals surface area contributed by atoms with Crippen LogP contribution in [-0.4, -0.2) is 26.7 Å². The minimum atomic E-state index is -0.369. The summed E-state index contributed by atoms with van der Waals surface area (Å²) >= 11 is 0. The molecule has 1 N–H and O–H groups in total. The van der Waals surface area contributed by atoms with Crippen LogP contribution in [0.4, 0.5) is 0 Å². The van der Waals surface area contributed by atoms with Crippen LogP contribution in [0.15, 0.2) is 35.5 Å². The molecule has 6 nitrogen and oxygen atoms in total. The van der Waals surface area contributed by atoms with E-state index in [9.17, 15) is 4.79 Å². The van der Waals surface area contributed by atoms with Crippen molar-refractivity contribution in [3.63, 3.8) is 0 Å². The van der Waals surface area contributed by atoms with Crippen molar-refractivity contribution in [3.05, 3.63) is 36.8 Å². The van der Waals surface area contributed by atoms with E-state index in [0.717, 1.165) is 5.76 Å². The summed E-state index contributed by atoms with van der Waals surface area (Å²) in [5, 5.41) is 6.87. The van der Waals surface area contributed by atoms with Gasteiger partial charge in [0.1, 0.15) is 24.5 Å². The third kappa shape index (κ3) is 2.97. The Morgan fingerprint density at radius 3 is 3.00 bits per heavy atom. The second-order valence-electron chi connectivity index (χ2n) is 4.24. The lowest BCUT2D eigenvalue weighted by atomic mass is 10.2. The Bertz CT molecular complexity index is 478. The molecule has 0 bridgehead atoms. The second-order valence-corrected chi connectivity index (χ2v) is 4.24. The second kappa shape index (κ2) is 5.48. The van der Waals surface area contributed by atoms with Gasteiger partial charge in [-0.25, -0.2) is 9.67 Å². The predicted octanol–water partition coefficient (Wildman–Crippen LogP) is 1.18. The summed E-state index contributed by atoms with van der Waals surface area (Å²) in [6.07, 6.45) is 5.24. The Kier molecular flexibility index (Phi) is 3.76. The van der Waals surface area contributed by atoms with Crippen molar-refractivity contribution < 1.29 is 9.21 Å². The Labute approximate surface area is 105 Å². The van der Waals surface area contributed by atoms with Gasteiger partial charge in [0.25, 0.3) is 0 Å². The third-order valence-corrected chi connectivity index (χ3v) is 2.69. The normalized spacial score (nSPS) is 14.1. The summed E-state index contributed by atoms with van der Waals surface area (Å²) in [4.78, 5) is 15.8. The van der Waals surface area contributed by atoms with Crippen molar-refractivity contribution in [1.29, 1.82) is 0 Å². The fourth-order valence-electron chi connectivity index (χ4n) is 1.68. The molecule has 96 valence electrons. The van der Waals surface area contributed by atoms with Crippen LogP contribution in [0.1, 0.15) is 25.6 Å². The summed E-state index contributed by atoms with van der Waals surface area (Å²) in [6.45, 7) is 3.72. The molecule has 2 unspecified atom stereocenters. The molecule has 6 heteroatoms. The molecule has 0 fully saturated rings. The molecule has 2 aromatic heterocycles. The van der Waals surface area contributed by atoms with Gasteiger partial charge >= 0.3 is 0 Å². The first-order valence-corrected chi connectivity index (χ1v) is 5.83. The Morgan fingerprint density at radius 2 is 2.39 bits per heavy atom. The van der Waals surface area contributed by atoms with Gasteiger partial charge in [-0.1, -0.05) is 0 Å². The van der Waals surface area contributed by atoms with Gasteiger partial charge in [0, 0.05) is 12.5 Å². The van der Waals surface area contributed by atoms with Crippen molar-refractivity contribution in [2.75, 3.05) is 0 Å². The summed E-state index contributed by atoms with van der Waals surface area (Å²) in [5.74, 6) is 0.774. The zero-order valence-corrected chi connectivity index (χ0v) is 10.4. The van der Waals surface area contributed by atoms with Gasteiger partial charge in [0.15, 0.2) is 0 Å². The SMILES string of the molecule is CC(Cc1ccco1)NC(=O)C(C)n1cncn1. The minimum Gasteiger partial charge on any atom is -0.469 e. The number of hydrogen-bond donors (Lipinski definition) is 1. The molecule has 2 rings (SSSR count). The zero-order valence-electron chi connectivity index (χ0n) is 10.4. The van der Waals surface area contributed by atoms with E-state index in [1.54, 1.807) is 13.2 Å². The lowest BCUT2D eigenvalue weighted by Gasteiger charge is -2.16. The molecule has 0 aromatic carbocycles. The quantitative estimate of drug-likeness (QED) is 0.862. The Morgan fingerprint density at radius 1 is 1.56 bits per heavy atom. The number of hydrogen-bond acceptors (Lipinski definition) is 4. The van der Waals surface area contributed by atoms with E-state index in [4.69, 9.17) is 4.42 Å². The van der Waals surface area contributed by atoms with Crippen LogP contribution < -0.4 is 5.32 Å².